The van der Waals surface area contributed by atoms with Gasteiger partial charge in [0.05, 0.1) is 25.6 Å². The van der Waals surface area contributed by atoms with Crippen LogP contribution in [0.2, 0.25) is 0 Å². The van der Waals surface area contributed by atoms with Crippen LogP contribution in [0.5, 0.6) is 5.75 Å². The lowest BCUT2D eigenvalue weighted by molar-refractivity contribution is -0.134. The van der Waals surface area contributed by atoms with Crippen LogP contribution in [0.3, 0.4) is 0 Å². The highest BCUT2D eigenvalue weighted by Crippen LogP contribution is 2.29. The van der Waals surface area contributed by atoms with Gasteiger partial charge in [0, 0.05) is 42.1 Å². The van der Waals surface area contributed by atoms with Crippen LogP contribution in [0, 0.1) is 11.7 Å². The highest BCUT2D eigenvalue weighted by atomic mass is 19.1. The lowest BCUT2D eigenvalue weighted by atomic mass is 10.0. The van der Waals surface area contributed by atoms with Crippen LogP contribution in [-0.2, 0) is 11.2 Å². The average molecular weight is 578 g/mol. The number of aliphatic hydroxyl groups excluding tert-OH is 1. The third-order valence-corrected chi connectivity index (χ3v) is 7.10. The van der Waals surface area contributed by atoms with E-state index in [-0.39, 0.29) is 37.4 Å². The number of aliphatic hydroxyl groups is 1. The molecule has 3 aromatic rings. The molecule has 0 unspecified atom stereocenters. The Bertz CT molecular complexity index is 1390. The molecule has 3 aromatic carbocycles. The zero-order valence-corrected chi connectivity index (χ0v) is 23.8. The third kappa shape index (κ3) is 7.97. The summed E-state index contributed by atoms with van der Waals surface area (Å²) < 4.78 is 19.6. The number of hydrogen-bond acceptors (Lipinski definition) is 5. The number of amides is 5. The van der Waals surface area contributed by atoms with Crippen molar-refractivity contribution in [1.82, 2.24) is 9.80 Å². The van der Waals surface area contributed by atoms with E-state index in [4.69, 9.17) is 4.74 Å². The smallest absolute Gasteiger partial charge is 0.323 e. The Morgan fingerprint density at radius 2 is 1.67 bits per heavy atom. The van der Waals surface area contributed by atoms with Crippen LogP contribution in [0.15, 0.2) is 72.8 Å². The molecule has 222 valence electrons. The van der Waals surface area contributed by atoms with Crippen LogP contribution in [0.4, 0.5) is 31.0 Å². The molecule has 0 spiro atoms. The highest BCUT2D eigenvalue weighted by molar-refractivity contribution is 6.00. The average Bonchev–Trinajstić information content (AvgIpc) is 3.01. The highest BCUT2D eigenvalue weighted by Gasteiger charge is 2.32. The first kappa shape index (κ1) is 30.3. The maximum Gasteiger partial charge on any atom is 0.323 e. The molecule has 0 aromatic heterocycles. The summed E-state index contributed by atoms with van der Waals surface area (Å²) in [6.07, 6.45) is -0.506. The third-order valence-electron chi connectivity index (χ3n) is 7.10. The minimum atomic E-state index is -0.537. The molecular formula is C31H36FN5O5. The molecule has 1 aliphatic rings. The van der Waals surface area contributed by atoms with Gasteiger partial charge in [0.15, 0.2) is 0 Å². The topological polar surface area (TPSA) is 123 Å². The fourth-order valence-electron chi connectivity index (χ4n) is 4.65. The molecule has 0 radical (unpaired) electrons. The maximum atomic E-state index is 13.4. The van der Waals surface area contributed by atoms with Gasteiger partial charge in [-0.3, -0.25) is 4.79 Å². The summed E-state index contributed by atoms with van der Waals surface area (Å²) in [5.41, 5.74) is 2.06. The summed E-state index contributed by atoms with van der Waals surface area (Å²) in [6.45, 7) is 4.06. The van der Waals surface area contributed by atoms with Crippen LogP contribution in [0.25, 0.3) is 0 Å². The summed E-state index contributed by atoms with van der Waals surface area (Å²) in [7, 11) is 1.67. The molecule has 42 heavy (non-hydrogen) atoms. The van der Waals surface area contributed by atoms with Crippen molar-refractivity contribution in [3.05, 3.63) is 84.2 Å². The van der Waals surface area contributed by atoms with Gasteiger partial charge in [0.1, 0.15) is 17.7 Å². The van der Waals surface area contributed by atoms with E-state index in [1.165, 1.54) is 29.2 Å². The molecule has 0 aliphatic carbocycles. The number of nitrogens with one attached hydrogen (secondary N) is 3. The van der Waals surface area contributed by atoms with Gasteiger partial charge >= 0.3 is 12.1 Å². The van der Waals surface area contributed by atoms with E-state index < -0.39 is 24.0 Å². The standard InChI is InChI=1S/C31H36FN5O5/c1-20-17-37(21(2)19-38)29(39)16-22-15-26(34-30(40)33-25-11-9-23(32)10-12-25)13-14-27(22)42-28(20)18-36(3)31(41)35-24-7-5-4-6-8-24/h4-15,20-21,28,38H,16-19H2,1-3H3,(H,35,41)(H2,33,34,40)/t20-,21+,28+/m1/s1. The minimum absolute atomic E-state index is 0.0153. The van der Waals surface area contributed by atoms with Crippen molar-refractivity contribution in [1.29, 1.82) is 0 Å². The lowest BCUT2D eigenvalue weighted by Gasteiger charge is -2.34. The van der Waals surface area contributed by atoms with Crippen LogP contribution >= 0.6 is 0 Å². The van der Waals surface area contributed by atoms with Crippen LogP contribution in [0.1, 0.15) is 19.4 Å². The normalized spacial score (nSPS) is 17.5. The van der Waals surface area contributed by atoms with Crippen LogP contribution < -0.4 is 20.7 Å². The van der Waals surface area contributed by atoms with Crippen molar-refractivity contribution in [2.75, 3.05) is 42.7 Å². The van der Waals surface area contributed by atoms with Gasteiger partial charge in [-0.1, -0.05) is 25.1 Å². The Morgan fingerprint density at radius 1 is 1.02 bits per heavy atom. The number of benzene rings is 3. The summed E-state index contributed by atoms with van der Waals surface area (Å²) in [6, 6.07) is 18.2. The zero-order valence-electron chi connectivity index (χ0n) is 23.8. The number of hydrogen-bond donors (Lipinski definition) is 4. The van der Waals surface area contributed by atoms with E-state index in [9.17, 15) is 23.9 Å². The number of fused-ring (bicyclic) bond motifs is 1. The first-order valence-corrected chi connectivity index (χ1v) is 13.7. The number of ether oxygens (including phenoxy) is 1. The molecule has 0 saturated heterocycles. The predicted molar refractivity (Wildman–Crippen MR) is 159 cm³/mol. The molecule has 1 aliphatic heterocycles. The summed E-state index contributed by atoms with van der Waals surface area (Å²) in [5, 5.41) is 18.1. The number of nitrogens with zero attached hydrogens (tertiary/aromatic N) is 2. The second-order valence-corrected chi connectivity index (χ2v) is 10.5. The Labute approximate surface area is 244 Å². The zero-order chi connectivity index (χ0) is 30.2. The monoisotopic (exact) mass is 577 g/mol. The van der Waals surface area contributed by atoms with E-state index in [1.54, 1.807) is 49.2 Å². The molecule has 10 nitrogen and oxygen atoms in total. The number of rotatable bonds is 7. The fourth-order valence-corrected chi connectivity index (χ4v) is 4.65. The molecule has 11 heteroatoms. The largest absolute Gasteiger partial charge is 0.488 e. The van der Waals surface area contributed by atoms with E-state index in [1.807, 2.05) is 25.1 Å². The van der Waals surface area contributed by atoms with E-state index in [0.29, 0.717) is 34.9 Å². The molecule has 4 rings (SSSR count). The van der Waals surface area contributed by atoms with Gasteiger partial charge in [-0.05, 0) is 61.5 Å². The number of para-hydroxylation sites is 1. The molecule has 0 fully saturated rings. The fraction of sp³-hybridized carbons (Fsp3) is 0.323. The Morgan fingerprint density at radius 3 is 2.36 bits per heavy atom. The van der Waals surface area contributed by atoms with E-state index in [0.717, 1.165) is 0 Å². The number of likely N-dealkylation sites (N-methyl/N-ethyl adjacent to an activating group) is 1. The first-order valence-electron chi connectivity index (χ1n) is 13.7. The Hall–Kier alpha value is -4.64. The molecule has 1 heterocycles. The molecule has 0 saturated carbocycles. The number of anilines is 3. The SMILES string of the molecule is C[C@@H]1CN([C@@H](C)CO)C(=O)Cc2cc(NC(=O)Nc3ccc(F)cc3)ccc2O[C@H]1CN(C)C(=O)Nc1ccccc1. The van der Waals surface area contributed by atoms with Crippen molar-refractivity contribution in [2.45, 2.75) is 32.4 Å². The molecular weight excluding hydrogens is 541 g/mol. The maximum absolute atomic E-state index is 13.4. The summed E-state index contributed by atoms with van der Waals surface area (Å²) >= 11 is 0. The Balaban J connectivity index is 1.55. The number of carbonyl (C=O) groups is 3. The van der Waals surface area contributed by atoms with Crippen molar-refractivity contribution >= 4 is 35.0 Å². The Kier molecular flexibility index (Phi) is 9.98. The number of carbonyl (C=O) groups excluding carboxylic acids is 3. The van der Waals surface area contributed by atoms with Crippen LogP contribution in [-0.4, -0.2) is 71.8 Å². The first-order chi connectivity index (χ1) is 20.1. The van der Waals surface area contributed by atoms with Crippen molar-refractivity contribution in [2.24, 2.45) is 5.92 Å². The van der Waals surface area contributed by atoms with Gasteiger partial charge in [-0.25, -0.2) is 14.0 Å². The van der Waals surface area contributed by atoms with E-state index >= 15 is 0 Å². The summed E-state index contributed by atoms with van der Waals surface area (Å²) in [4.78, 5) is 42.1. The van der Waals surface area contributed by atoms with Gasteiger partial charge in [-0.15, -0.1) is 0 Å². The second-order valence-electron chi connectivity index (χ2n) is 10.5. The molecule has 5 amide bonds. The lowest BCUT2D eigenvalue weighted by Crippen LogP contribution is -2.48. The quantitative estimate of drug-likeness (QED) is 0.322. The number of halogens is 1. The van der Waals surface area contributed by atoms with Crippen molar-refractivity contribution in [3.8, 4) is 5.75 Å². The van der Waals surface area contributed by atoms with E-state index in [2.05, 4.69) is 16.0 Å². The molecule has 0 bridgehead atoms. The second kappa shape index (κ2) is 13.8. The molecule has 4 N–H and O–H groups in total. The summed E-state index contributed by atoms with van der Waals surface area (Å²) in [5.74, 6) is -0.347. The van der Waals surface area contributed by atoms with Gasteiger partial charge in [-0.2, -0.15) is 0 Å². The number of urea groups is 2. The van der Waals surface area contributed by atoms with Gasteiger partial charge < -0.3 is 35.6 Å². The molecule has 3 atom stereocenters. The van der Waals surface area contributed by atoms with Crippen molar-refractivity contribution < 1.29 is 28.6 Å². The minimum Gasteiger partial charge on any atom is -0.488 e. The van der Waals surface area contributed by atoms with Gasteiger partial charge in [0.25, 0.3) is 0 Å². The van der Waals surface area contributed by atoms with Crippen molar-refractivity contribution in [3.63, 3.8) is 0 Å². The van der Waals surface area contributed by atoms with Gasteiger partial charge in [0.2, 0.25) is 5.91 Å². The predicted octanol–water partition coefficient (Wildman–Crippen LogP) is 4.78.